The second-order valence-electron chi connectivity index (χ2n) is 12.3. The van der Waals surface area contributed by atoms with E-state index in [1.54, 1.807) is 12.1 Å². The summed E-state index contributed by atoms with van der Waals surface area (Å²) in [6.07, 6.45) is 0.463. The van der Waals surface area contributed by atoms with Crippen LogP contribution < -0.4 is 33.2 Å². The lowest BCUT2D eigenvalue weighted by atomic mass is 9.99. The van der Waals surface area contributed by atoms with Gasteiger partial charge in [-0.05, 0) is 69.1 Å². The third-order valence-corrected chi connectivity index (χ3v) is 7.73. The molecule has 1 fully saturated rings. The zero-order valence-corrected chi connectivity index (χ0v) is 27.2. The maximum atomic E-state index is 13.8. The zero-order chi connectivity index (χ0) is 35.3. The summed E-state index contributed by atoms with van der Waals surface area (Å²) in [6.45, 7) is 5.53. The molecule has 1 aliphatic rings. The van der Waals surface area contributed by atoms with Crippen molar-refractivity contribution in [3.8, 4) is 5.75 Å². The van der Waals surface area contributed by atoms with E-state index in [0.717, 1.165) is 5.56 Å². The molecule has 1 saturated heterocycles. The van der Waals surface area contributed by atoms with E-state index in [2.05, 4.69) is 20.9 Å². The van der Waals surface area contributed by atoms with Crippen molar-refractivity contribution in [3.63, 3.8) is 0 Å². The number of rotatable bonds is 18. The van der Waals surface area contributed by atoms with Gasteiger partial charge in [0.2, 0.25) is 23.6 Å². The number of carboxylic acid groups (broad SMARTS) is 1. The van der Waals surface area contributed by atoms with Gasteiger partial charge in [-0.25, -0.2) is 4.79 Å². The standard InChI is InChI=1S/C31H50N8O8/c1-17(2)14-23(29(45)39-13-5-7-24(39)28(44)38-26(18(3)40)30(46)47)37-25(42)16-20(15-19-8-10-21(41)11-9-19)36-27(43)22(32)6-4-12-35-31(33)34/h8-11,17-18,20,22-24,26,40-41H,4-7,12-16,32H2,1-3H3,(H,36,43)(H,37,42)(H,38,44)(H,46,47)(H4,33,34,35)/t18-,20+,22+,23+,24+,26+/m1/s1. The second kappa shape index (κ2) is 18.6. The predicted molar refractivity (Wildman–Crippen MR) is 174 cm³/mol. The topological polar surface area (TPSA) is 276 Å². The van der Waals surface area contributed by atoms with Gasteiger partial charge in [-0.2, -0.15) is 0 Å². The molecule has 6 atom stereocenters. The molecule has 2 rings (SSSR count). The number of aliphatic imine (C=N–C) groups is 1. The molecule has 16 nitrogen and oxygen atoms in total. The monoisotopic (exact) mass is 662 g/mol. The number of aliphatic hydroxyl groups is 1. The van der Waals surface area contributed by atoms with E-state index >= 15 is 0 Å². The number of hydrogen-bond acceptors (Lipinski definition) is 9. The van der Waals surface area contributed by atoms with Crippen molar-refractivity contribution in [2.45, 2.75) is 102 Å². The Morgan fingerprint density at radius 2 is 1.70 bits per heavy atom. The predicted octanol–water partition coefficient (Wildman–Crippen LogP) is -1.34. The van der Waals surface area contributed by atoms with Crippen LogP contribution in [0.2, 0.25) is 0 Å². The van der Waals surface area contributed by atoms with E-state index in [-0.39, 0.29) is 43.4 Å². The summed E-state index contributed by atoms with van der Waals surface area (Å²) in [6, 6.07) is 1.19. The second-order valence-corrected chi connectivity index (χ2v) is 12.3. The molecule has 12 N–H and O–H groups in total. The minimum absolute atomic E-state index is 0.0183. The number of nitrogens with two attached hydrogens (primary N) is 3. The van der Waals surface area contributed by atoms with Gasteiger partial charge in [-0.1, -0.05) is 26.0 Å². The highest BCUT2D eigenvalue weighted by atomic mass is 16.4. The largest absolute Gasteiger partial charge is 0.508 e. The fourth-order valence-electron chi connectivity index (χ4n) is 5.36. The highest BCUT2D eigenvalue weighted by molar-refractivity contribution is 5.94. The van der Waals surface area contributed by atoms with Crippen molar-refractivity contribution in [2.75, 3.05) is 13.1 Å². The molecule has 1 aliphatic heterocycles. The number of aliphatic hydroxyl groups excluding tert-OH is 1. The normalized spacial score (nSPS) is 17.6. The third-order valence-electron chi connectivity index (χ3n) is 7.73. The van der Waals surface area contributed by atoms with Gasteiger partial charge < -0.3 is 53.4 Å². The Morgan fingerprint density at radius 3 is 2.28 bits per heavy atom. The summed E-state index contributed by atoms with van der Waals surface area (Å²) in [5, 5.41) is 36.7. The number of carbonyl (C=O) groups is 5. The lowest BCUT2D eigenvalue weighted by molar-refractivity contribution is -0.147. The average molecular weight is 663 g/mol. The lowest BCUT2D eigenvalue weighted by Crippen LogP contribution is -2.57. The summed E-state index contributed by atoms with van der Waals surface area (Å²) in [4.78, 5) is 69.9. The van der Waals surface area contributed by atoms with Crippen molar-refractivity contribution < 1.29 is 39.3 Å². The van der Waals surface area contributed by atoms with E-state index in [1.165, 1.54) is 24.0 Å². The Labute approximate surface area is 274 Å². The van der Waals surface area contributed by atoms with Gasteiger partial charge in [-0.3, -0.25) is 24.2 Å². The average Bonchev–Trinajstić information content (AvgIpc) is 3.47. The smallest absolute Gasteiger partial charge is 0.328 e. The Hall–Kier alpha value is -4.44. The molecule has 0 aliphatic carbocycles. The molecule has 0 radical (unpaired) electrons. The van der Waals surface area contributed by atoms with Crippen LogP contribution >= 0.6 is 0 Å². The summed E-state index contributed by atoms with van der Waals surface area (Å²) in [5.41, 5.74) is 17.5. The highest BCUT2D eigenvalue weighted by Crippen LogP contribution is 2.21. The maximum absolute atomic E-state index is 13.8. The van der Waals surface area contributed by atoms with Gasteiger partial charge in [0.05, 0.1) is 12.1 Å². The fourth-order valence-corrected chi connectivity index (χ4v) is 5.36. The molecule has 0 unspecified atom stereocenters. The van der Waals surface area contributed by atoms with Crippen LogP contribution in [0.25, 0.3) is 0 Å². The molecule has 0 saturated carbocycles. The molecular weight excluding hydrogens is 612 g/mol. The number of carbonyl (C=O) groups excluding carboxylic acids is 4. The van der Waals surface area contributed by atoms with Crippen LogP contribution in [0.1, 0.15) is 64.9 Å². The molecule has 0 spiro atoms. The summed E-state index contributed by atoms with van der Waals surface area (Å²) in [7, 11) is 0. The van der Waals surface area contributed by atoms with Gasteiger partial charge in [0.1, 0.15) is 17.8 Å². The van der Waals surface area contributed by atoms with Gasteiger partial charge in [0.25, 0.3) is 0 Å². The Morgan fingerprint density at radius 1 is 1.04 bits per heavy atom. The number of hydrogen-bond donors (Lipinski definition) is 9. The van der Waals surface area contributed by atoms with Crippen molar-refractivity contribution >= 4 is 35.6 Å². The van der Waals surface area contributed by atoms with Crippen LogP contribution in [-0.4, -0.2) is 105 Å². The van der Waals surface area contributed by atoms with E-state index in [4.69, 9.17) is 17.2 Å². The minimum Gasteiger partial charge on any atom is -0.508 e. The molecule has 1 aromatic rings. The zero-order valence-electron chi connectivity index (χ0n) is 27.2. The molecule has 1 aromatic carbocycles. The molecule has 262 valence electrons. The van der Waals surface area contributed by atoms with Crippen LogP contribution in [0, 0.1) is 5.92 Å². The summed E-state index contributed by atoms with van der Waals surface area (Å²) < 4.78 is 0. The van der Waals surface area contributed by atoms with E-state index in [9.17, 15) is 39.3 Å². The fraction of sp³-hybridized carbons (Fsp3) is 0.613. The van der Waals surface area contributed by atoms with Crippen LogP contribution in [-0.2, 0) is 30.4 Å². The first-order valence-electron chi connectivity index (χ1n) is 15.8. The number of aromatic hydroxyl groups is 1. The van der Waals surface area contributed by atoms with Crippen LogP contribution in [0.5, 0.6) is 5.75 Å². The number of carboxylic acids is 1. The quantitative estimate of drug-likeness (QED) is 0.0504. The van der Waals surface area contributed by atoms with Crippen LogP contribution in [0.4, 0.5) is 0 Å². The van der Waals surface area contributed by atoms with Gasteiger partial charge in [-0.15, -0.1) is 0 Å². The first-order valence-corrected chi connectivity index (χ1v) is 15.8. The van der Waals surface area contributed by atoms with E-state index in [0.29, 0.717) is 32.2 Å². The van der Waals surface area contributed by atoms with E-state index < -0.39 is 65.9 Å². The number of aliphatic carboxylic acids is 1. The van der Waals surface area contributed by atoms with E-state index in [1.807, 2.05) is 13.8 Å². The minimum atomic E-state index is -1.54. The molecular formula is C31H50N8O8. The Kier molecular flexibility index (Phi) is 15.4. The molecule has 4 amide bonds. The number of phenolic OH excluding ortho intramolecular Hbond substituents is 1. The first kappa shape index (κ1) is 38.7. The van der Waals surface area contributed by atoms with Crippen molar-refractivity contribution in [2.24, 2.45) is 28.1 Å². The van der Waals surface area contributed by atoms with Crippen molar-refractivity contribution in [1.82, 2.24) is 20.9 Å². The SMILES string of the molecule is CC(C)C[C@H](NC(=O)C[C@H](Cc1ccc(O)cc1)NC(=O)[C@@H](N)CCCN=C(N)N)C(=O)N1CCC[C@H]1C(=O)N[C@H](C(=O)O)[C@@H](C)O. The molecule has 0 aromatic heterocycles. The van der Waals surface area contributed by atoms with Gasteiger partial charge in [0.15, 0.2) is 12.0 Å². The van der Waals surface area contributed by atoms with Crippen molar-refractivity contribution in [1.29, 1.82) is 0 Å². The van der Waals surface area contributed by atoms with Gasteiger partial charge >= 0.3 is 5.97 Å². The highest BCUT2D eigenvalue weighted by Gasteiger charge is 2.39. The first-order chi connectivity index (χ1) is 22.1. The molecule has 16 heteroatoms. The maximum Gasteiger partial charge on any atom is 0.328 e. The van der Waals surface area contributed by atoms with Gasteiger partial charge in [0, 0.05) is 25.6 Å². The molecule has 47 heavy (non-hydrogen) atoms. The number of benzene rings is 1. The third kappa shape index (κ3) is 13.1. The number of nitrogens with one attached hydrogen (secondary N) is 3. The molecule has 0 bridgehead atoms. The number of phenols is 1. The Bertz CT molecular complexity index is 1250. The summed E-state index contributed by atoms with van der Waals surface area (Å²) >= 11 is 0. The number of nitrogens with zero attached hydrogens (tertiary/aromatic N) is 2. The Balaban J connectivity index is 2.18. The van der Waals surface area contributed by atoms with Crippen LogP contribution in [0.15, 0.2) is 29.3 Å². The lowest BCUT2D eigenvalue weighted by Gasteiger charge is -2.31. The van der Waals surface area contributed by atoms with Crippen molar-refractivity contribution in [3.05, 3.63) is 29.8 Å². The summed E-state index contributed by atoms with van der Waals surface area (Å²) in [5.74, 6) is -3.63. The number of amides is 4. The number of guanidine groups is 1. The number of likely N-dealkylation sites (tertiary alicyclic amines) is 1. The molecule has 1 heterocycles. The van der Waals surface area contributed by atoms with Crippen LogP contribution in [0.3, 0.4) is 0 Å².